The van der Waals surface area contributed by atoms with Gasteiger partial charge in [-0.1, -0.05) is 30.3 Å². The fraction of sp³-hybridized carbons (Fsp3) is 0.667. The van der Waals surface area contributed by atoms with Crippen molar-refractivity contribution < 1.29 is 9.53 Å². The minimum Gasteiger partial charge on any atom is -0.373 e. The SMILES string of the molecule is Cl.Cl.O=C(C1CCNCC1)N1CCO[C@@H](CN2CCCC2)[C@@H]1c1ccccc1. The lowest BCUT2D eigenvalue weighted by atomic mass is 9.92. The molecule has 3 heterocycles. The van der Waals surface area contributed by atoms with E-state index in [0.29, 0.717) is 19.1 Å². The van der Waals surface area contributed by atoms with Crippen LogP contribution in [0.2, 0.25) is 0 Å². The highest BCUT2D eigenvalue weighted by Gasteiger charge is 2.39. The third kappa shape index (κ3) is 5.39. The normalized spacial score (nSPS) is 26.4. The van der Waals surface area contributed by atoms with Gasteiger partial charge >= 0.3 is 0 Å². The van der Waals surface area contributed by atoms with Crippen molar-refractivity contribution in [3.05, 3.63) is 35.9 Å². The van der Waals surface area contributed by atoms with Crippen LogP contribution < -0.4 is 5.32 Å². The molecule has 7 heteroatoms. The fourth-order valence-corrected chi connectivity index (χ4v) is 4.70. The second kappa shape index (κ2) is 11.4. The largest absolute Gasteiger partial charge is 0.373 e. The molecule has 0 bridgehead atoms. The number of hydrogen-bond acceptors (Lipinski definition) is 4. The van der Waals surface area contributed by atoms with Crippen molar-refractivity contribution in [1.29, 1.82) is 0 Å². The second-order valence-corrected chi connectivity index (χ2v) is 7.83. The van der Waals surface area contributed by atoms with E-state index in [0.717, 1.165) is 45.6 Å². The Morgan fingerprint density at radius 1 is 1.04 bits per heavy atom. The van der Waals surface area contributed by atoms with E-state index < -0.39 is 0 Å². The van der Waals surface area contributed by atoms with Crippen LogP contribution in [0, 0.1) is 5.92 Å². The number of piperidine rings is 1. The van der Waals surface area contributed by atoms with Gasteiger partial charge in [-0.3, -0.25) is 4.79 Å². The average molecular weight is 430 g/mol. The lowest BCUT2D eigenvalue weighted by Crippen LogP contribution is -2.53. The summed E-state index contributed by atoms with van der Waals surface area (Å²) in [5.74, 6) is 0.489. The molecule has 0 spiro atoms. The van der Waals surface area contributed by atoms with Gasteiger partial charge in [-0.25, -0.2) is 0 Å². The highest BCUT2D eigenvalue weighted by Crippen LogP contribution is 2.33. The Morgan fingerprint density at radius 3 is 2.39 bits per heavy atom. The van der Waals surface area contributed by atoms with Gasteiger partial charge in [0.2, 0.25) is 5.91 Å². The van der Waals surface area contributed by atoms with Crippen LogP contribution >= 0.6 is 24.8 Å². The summed E-state index contributed by atoms with van der Waals surface area (Å²) < 4.78 is 6.23. The Kier molecular flexibility index (Phi) is 9.51. The zero-order chi connectivity index (χ0) is 17.8. The van der Waals surface area contributed by atoms with E-state index in [4.69, 9.17) is 4.74 Å². The monoisotopic (exact) mass is 429 g/mol. The molecule has 0 aromatic heterocycles. The summed E-state index contributed by atoms with van der Waals surface area (Å²) in [5, 5.41) is 3.37. The lowest BCUT2D eigenvalue weighted by Gasteiger charge is -2.44. The summed E-state index contributed by atoms with van der Waals surface area (Å²) in [6, 6.07) is 10.5. The molecule has 28 heavy (non-hydrogen) atoms. The van der Waals surface area contributed by atoms with Crippen LogP contribution in [0.4, 0.5) is 0 Å². The average Bonchev–Trinajstić information content (AvgIpc) is 3.22. The van der Waals surface area contributed by atoms with E-state index in [2.05, 4.69) is 39.4 Å². The summed E-state index contributed by atoms with van der Waals surface area (Å²) >= 11 is 0. The molecule has 3 aliphatic rings. The summed E-state index contributed by atoms with van der Waals surface area (Å²) in [6.07, 6.45) is 4.53. The molecule has 0 aliphatic carbocycles. The maximum absolute atomic E-state index is 13.3. The van der Waals surface area contributed by atoms with Crippen molar-refractivity contribution in [2.45, 2.75) is 37.8 Å². The number of rotatable bonds is 4. The summed E-state index contributed by atoms with van der Waals surface area (Å²) in [5.41, 5.74) is 1.21. The van der Waals surface area contributed by atoms with E-state index in [-0.39, 0.29) is 42.9 Å². The molecule has 2 atom stereocenters. The first kappa shape index (κ1) is 23.4. The Balaban J connectivity index is 0.00000140. The van der Waals surface area contributed by atoms with Gasteiger partial charge in [-0.15, -0.1) is 24.8 Å². The zero-order valence-corrected chi connectivity index (χ0v) is 18.1. The standard InChI is InChI=1S/C21H31N3O2.2ClH/c25-21(18-8-10-22-11-9-18)24-14-15-26-19(16-23-12-4-5-13-23)20(24)17-6-2-1-3-7-17;;/h1-3,6-7,18-20,22H,4-5,8-16H2;2*1H/t19-,20-;;/m0../s1. The van der Waals surface area contributed by atoms with Crippen LogP contribution in [-0.2, 0) is 9.53 Å². The number of hydrogen-bond donors (Lipinski definition) is 1. The van der Waals surface area contributed by atoms with Gasteiger partial charge in [0.15, 0.2) is 0 Å². The predicted molar refractivity (Wildman–Crippen MR) is 116 cm³/mol. The number of carbonyl (C=O) groups excluding carboxylic acids is 1. The van der Waals surface area contributed by atoms with Crippen LogP contribution in [0.3, 0.4) is 0 Å². The first-order chi connectivity index (χ1) is 12.8. The van der Waals surface area contributed by atoms with Gasteiger partial charge in [0.05, 0.1) is 18.8 Å². The van der Waals surface area contributed by atoms with Crippen molar-refractivity contribution in [3.63, 3.8) is 0 Å². The number of ether oxygens (including phenoxy) is 1. The highest BCUT2D eigenvalue weighted by atomic mass is 35.5. The van der Waals surface area contributed by atoms with E-state index in [1.54, 1.807) is 0 Å². The number of halogens is 2. The molecule has 1 amide bonds. The molecular weight excluding hydrogens is 397 g/mol. The zero-order valence-electron chi connectivity index (χ0n) is 16.4. The first-order valence-corrected chi connectivity index (χ1v) is 10.2. The van der Waals surface area contributed by atoms with Crippen molar-refractivity contribution >= 4 is 30.7 Å². The van der Waals surface area contributed by atoms with E-state index in [1.165, 1.54) is 18.4 Å². The minimum absolute atomic E-state index is 0. The molecule has 1 aromatic carbocycles. The molecule has 3 aliphatic heterocycles. The van der Waals surface area contributed by atoms with E-state index in [9.17, 15) is 4.79 Å². The molecule has 4 rings (SSSR count). The molecule has 1 N–H and O–H groups in total. The number of nitrogens with one attached hydrogen (secondary N) is 1. The number of carbonyl (C=O) groups is 1. The van der Waals surface area contributed by atoms with Crippen LogP contribution in [0.15, 0.2) is 30.3 Å². The Hall–Kier alpha value is -0.850. The molecule has 1 aromatic rings. The van der Waals surface area contributed by atoms with Crippen molar-refractivity contribution in [2.75, 3.05) is 45.9 Å². The Labute approximate surface area is 181 Å². The first-order valence-electron chi connectivity index (χ1n) is 10.2. The molecular formula is C21H33Cl2N3O2. The van der Waals surface area contributed by atoms with E-state index >= 15 is 0 Å². The number of likely N-dealkylation sites (tertiary alicyclic amines) is 1. The van der Waals surface area contributed by atoms with Gasteiger partial charge in [-0.05, 0) is 57.4 Å². The maximum atomic E-state index is 13.3. The number of benzene rings is 1. The van der Waals surface area contributed by atoms with E-state index in [1.807, 2.05) is 6.07 Å². The van der Waals surface area contributed by atoms with Crippen LogP contribution in [0.25, 0.3) is 0 Å². The third-order valence-corrected chi connectivity index (χ3v) is 6.10. The topological polar surface area (TPSA) is 44.8 Å². The molecule has 5 nitrogen and oxygen atoms in total. The van der Waals surface area contributed by atoms with Gasteiger partial charge in [0, 0.05) is 19.0 Å². The van der Waals surface area contributed by atoms with Crippen molar-refractivity contribution in [3.8, 4) is 0 Å². The lowest BCUT2D eigenvalue weighted by molar-refractivity contribution is -0.153. The van der Waals surface area contributed by atoms with Gasteiger partial charge in [0.1, 0.15) is 0 Å². The third-order valence-electron chi connectivity index (χ3n) is 6.10. The smallest absolute Gasteiger partial charge is 0.226 e. The summed E-state index contributed by atoms with van der Waals surface area (Å²) in [6.45, 7) is 6.50. The minimum atomic E-state index is 0. The van der Waals surface area contributed by atoms with Crippen molar-refractivity contribution in [1.82, 2.24) is 15.1 Å². The Bertz CT molecular complexity index is 593. The molecule has 0 saturated carbocycles. The van der Waals surface area contributed by atoms with Gasteiger partial charge in [-0.2, -0.15) is 0 Å². The van der Waals surface area contributed by atoms with Crippen LogP contribution in [0.5, 0.6) is 0 Å². The molecule has 0 unspecified atom stereocenters. The molecule has 0 radical (unpaired) electrons. The van der Waals surface area contributed by atoms with Gasteiger partial charge in [0.25, 0.3) is 0 Å². The Morgan fingerprint density at radius 2 is 1.71 bits per heavy atom. The number of amides is 1. The van der Waals surface area contributed by atoms with Gasteiger partial charge < -0.3 is 19.9 Å². The summed E-state index contributed by atoms with van der Waals surface area (Å²) in [4.78, 5) is 18.0. The van der Waals surface area contributed by atoms with Crippen molar-refractivity contribution in [2.24, 2.45) is 5.92 Å². The molecule has 3 fully saturated rings. The predicted octanol–water partition coefficient (Wildman–Crippen LogP) is 2.89. The molecule has 3 saturated heterocycles. The molecule has 158 valence electrons. The summed E-state index contributed by atoms with van der Waals surface area (Å²) in [7, 11) is 0. The van der Waals surface area contributed by atoms with Crippen LogP contribution in [0.1, 0.15) is 37.3 Å². The fourth-order valence-electron chi connectivity index (χ4n) is 4.70. The highest BCUT2D eigenvalue weighted by molar-refractivity contribution is 5.85. The number of morpholine rings is 1. The second-order valence-electron chi connectivity index (χ2n) is 7.83. The number of nitrogens with zero attached hydrogens (tertiary/aromatic N) is 2. The maximum Gasteiger partial charge on any atom is 0.226 e. The van der Waals surface area contributed by atoms with Crippen LogP contribution in [-0.4, -0.2) is 67.7 Å². The quantitative estimate of drug-likeness (QED) is 0.798.